The molecular formula is C12H16O4. The normalized spacial score (nSPS) is 10.2. The zero-order chi connectivity index (χ0) is 12.3. The average molecular weight is 224 g/mol. The van der Waals surface area contributed by atoms with E-state index in [0.717, 1.165) is 0 Å². The topological polar surface area (TPSA) is 66.8 Å². The number of carbonyl (C=O) groups excluding carboxylic acids is 1. The summed E-state index contributed by atoms with van der Waals surface area (Å²) in [4.78, 5) is 11.6. The second-order valence-electron chi connectivity index (χ2n) is 3.48. The number of hydrogen-bond donors (Lipinski definition) is 2. The summed E-state index contributed by atoms with van der Waals surface area (Å²) in [6.07, 6.45) is 0.537. The third-order valence-electron chi connectivity index (χ3n) is 2.47. The molecule has 2 N–H and O–H groups in total. The Bertz CT molecular complexity index is 410. The molecule has 0 amide bonds. The van der Waals surface area contributed by atoms with E-state index in [4.69, 9.17) is 4.74 Å². The van der Waals surface area contributed by atoms with Crippen LogP contribution in [-0.4, -0.2) is 22.8 Å². The maximum Gasteiger partial charge on any atom is 0.342 e. The van der Waals surface area contributed by atoms with E-state index in [1.807, 2.05) is 6.92 Å². The molecule has 0 fully saturated rings. The van der Waals surface area contributed by atoms with Crippen LogP contribution in [0.1, 0.15) is 35.3 Å². The van der Waals surface area contributed by atoms with Crippen molar-refractivity contribution < 1.29 is 19.7 Å². The van der Waals surface area contributed by atoms with Gasteiger partial charge >= 0.3 is 5.97 Å². The van der Waals surface area contributed by atoms with Crippen LogP contribution in [0.3, 0.4) is 0 Å². The minimum absolute atomic E-state index is 0.0117. The molecule has 0 radical (unpaired) electrons. The number of carbonyl (C=O) groups is 1. The first kappa shape index (κ1) is 12.4. The van der Waals surface area contributed by atoms with Crippen molar-refractivity contribution >= 4 is 5.97 Å². The molecule has 1 aromatic rings. The fourth-order valence-corrected chi connectivity index (χ4v) is 1.52. The summed E-state index contributed by atoms with van der Waals surface area (Å²) in [5.74, 6) is -0.766. The number of hydrogen-bond acceptors (Lipinski definition) is 4. The Morgan fingerprint density at radius 1 is 1.38 bits per heavy atom. The van der Waals surface area contributed by atoms with E-state index in [2.05, 4.69) is 0 Å². The van der Waals surface area contributed by atoms with Gasteiger partial charge in [0.1, 0.15) is 17.1 Å². The van der Waals surface area contributed by atoms with Crippen molar-refractivity contribution in [3.05, 3.63) is 22.8 Å². The van der Waals surface area contributed by atoms with Gasteiger partial charge in [0.25, 0.3) is 0 Å². The van der Waals surface area contributed by atoms with Gasteiger partial charge in [0.2, 0.25) is 0 Å². The summed E-state index contributed by atoms with van der Waals surface area (Å²) >= 11 is 0. The quantitative estimate of drug-likeness (QED) is 0.772. The van der Waals surface area contributed by atoms with Crippen molar-refractivity contribution in [2.45, 2.75) is 27.2 Å². The Morgan fingerprint density at radius 2 is 2.00 bits per heavy atom. The lowest BCUT2D eigenvalue weighted by Gasteiger charge is -2.12. The molecule has 0 spiro atoms. The molecule has 0 aliphatic carbocycles. The highest BCUT2D eigenvalue weighted by molar-refractivity contribution is 5.95. The van der Waals surface area contributed by atoms with Gasteiger partial charge in [-0.05, 0) is 31.9 Å². The number of aromatic hydroxyl groups is 2. The van der Waals surface area contributed by atoms with Crippen LogP contribution >= 0.6 is 0 Å². The minimum atomic E-state index is -0.556. The molecule has 0 atom stereocenters. The number of rotatable bonds is 3. The van der Waals surface area contributed by atoms with Crippen LogP contribution in [-0.2, 0) is 11.2 Å². The Morgan fingerprint density at radius 3 is 2.50 bits per heavy atom. The minimum Gasteiger partial charge on any atom is -0.508 e. The lowest BCUT2D eigenvalue weighted by molar-refractivity contribution is 0.0521. The Kier molecular flexibility index (Phi) is 3.77. The van der Waals surface area contributed by atoms with E-state index in [1.54, 1.807) is 13.8 Å². The van der Waals surface area contributed by atoms with Crippen LogP contribution in [0.2, 0.25) is 0 Å². The smallest absolute Gasteiger partial charge is 0.342 e. The number of benzene rings is 1. The first-order chi connectivity index (χ1) is 7.52. The molecule has 0 unspecified atom stereocenters. The van der Waals surface area contributed by atoms with Crippen LogP contribution < -0.4 is 0 Å². The first-order valence-electron chi connectivity index (χ1n) is 5.24. The molecule has 0 bridgehead atoms. The molecule has 88 valence electrons. The summed E-state index contributed by atoms with van der Waals surface area (Å²) in [7, 11) is 0. The second-order valence-corrected chi connectivity index (χ2v) is 3.48. The molecule has 16 heavy (non-hydrogen) atoms. The fraction of sp³-hybridized carbons (Fsp3) is 0.417. The van der Waals surface area contributed by atoms with Gasteiger partial charge in [0.15, 0.2) is 0 Å². The highest BCUT2D eigenvalue weighted by Crippen LogP contribution is 2.33. The third kappa shape index (κ3) is 2.10. The van der Waals surface area contributed by atoms with Crippen molar-refractivity contribution in [1.29, 1.82) is 0 Å². The SMILES string of the molecule is CCOC(=O)c1c(CC)cc(O)c(C)c1O. The molecule has 0 aliphatic rings. The van der Waals surface area contributed by atoms with Gasteiger partial charge in [0, 0.05) is 5.56 Å². The molecule has 0 aromatic heterocycles. The first-order valence-corrected chi connectivity index (χ1v) is 5.24. The molecule has 1 aromatic carbocycles. The number of phenols is 2. The lowest BCUT2D eigenvalue weighted by Crippen LogP contribution is -2.09. The van der Waals surface area contributed by atoms with E-state index in [1.165, 1.54) is 6.07 Å². The third-order valence-corrected chi connectivity index (χ3v) is 2.47. The van der Waals surface area contributed by atoms with Gasteiger partial charge in [-0.2, -0.15) is 0 Å². The van der Waals surface area contributed by atoms with Crippen molar-refractivity contribution in [2.75, 3.05) is 6.61 Å². The lowest BCUT2D eigenvalue weighted by atomic mass is 10.00. The molecule has 4 heteroatoms. The Balaban J connectivity index is 3.35. The van der Waals surface area contributed by atoms with Crippen molar-refractivity contribution in [2.24, 2.45) is 0 Å². The second kappa shape index (κ2) is 4.88. The van der Waals surface area contributed by atoms with E-state index < -0.39 is 5.97 Å². The molecule has 0 heterocycles. The predicted molar refractivity (Wildman–Crippen MR) is 59.8 cm³/mol. The van der Waals surface area contributed by atoms with Crippen LogP contribution in [0.4, 0.5) is 0 Å². The number of aryl methyl sites for hydroxylation is 1. The van der Waals surface area contributed by atoms with Crippen LogP contribution in [0.5, 0.6) is 11.5 Å². The maximum absolute atomic E-state index is 11.6. The molecule has 0 aliphatic heterocycles. The molecular weight excluding hydrogens is 208 g/mol. The summed E-state index contributed by atoms with van der Waals surface area (Å²) in [5, 5.41) is 19.4. The molecule has 0 saturated carbocycles. The van der Waals surface area contributed by atoms with E-state index in [0.29, 0.717) is 17.5 Å². The highest BCUT2D eigenvalue weighted by atomic mass is 16.5. The standard InChI is InChI=1S/C12H16O4/c1-4-8-6-9(13)7(3)11(14)10(8)12(15)16-5-2/h6,13-14H,4-5H2,1-3H3. The zero-order valence-electron chi connectivity index (χ0n) is 9.70. The zero-order valence-corrected chi connectivity index (χ0v) is 9.70. The van der Waals surface area contributed by atoms with E-state index in [-0.39, 0.29) is 23.7 Å². The summed E-state index contributed by atoms with van der Waals surface area (Å²) in [6.45, 7) is 5.34. The van der Waals surface area contributed by atoms with Gasteiger partial charge in [-0.15, -0.1) is 0 Å². The monoisotopic (exact) mass is 224 g/mol. The average Bonchev–Trinajstić information content (AvgIpc) is 2.25. The van der Waals surface area contributed by atoms with Gasteiger partial charge in [0.05, 0.1) is 6.61 Å². The van der Waals surface area contributed by atoms with Crippen LogP contribution in [0, 0.1) is 6.92 Å². The van der Waals surface area contributed by atoms with Crippen molar-refractivity contribution in [3.63, 3.8) is 0 Å². The van der Waals surface area contributed by atoms with Gasteiger partial charge in [-0.25, -0.2) is 4.79 Å². The number of esters is 1. The molecule has 4 nitrogen and oxygen atoms in total. The number of phenolic OH excluding ortho intramolecular Hbond substituents is 2. The fourth-order valence-electron chi connectivity index (χ4n) is 1.52. The van der Waals surface area contributed by atoms with Gasteiger partial charge < -0.3 is 14.9 Å². The van der Waals surface area contributed by atoms with Gasteiger partial charge in [-0.1, -0.05) is 6.92 Å². The van der Waals surface area contributed by atoms with Crippen LogP contribution in [0.15, 0.2) is 6.07 Å². The highest BCUT2D eigenvalue weighted by Gasteiger charge is 2.20. The molecule has 1 rings (SSSR count). The van der Waals surface area contributed by atoms with E-state index in [9.17, 15) is 15.0 Å². The molecule has 0 saturated heterocycles. The number of ether oxygens (including phenoxy) is 1. The van der Waals surface area contributed by atoms with Gasteiger partial charge in [-0.3, -0.25) is 0 Å². The summed E-state index contributed by atoms with van der Waals surface area (Å²) < 4.78 is 4.87. The van der Waals surface area contributed by atoms with Crippen molar-refractivity contribution in [3.8, 4) is 11.5 Å². The Hall–Kier alpha value is -1.71. The largest absolute Gasteiger partial charge is 0.508 e. The Labute approximate surface area is 94.5 Å². The van der Waals surface area contributed by atoms with E-state index >= 15 is 0 Å². The predicted octanol–water partition coefficient (Wildman–Crippen LogP) is 2.15. The maximum atomic E-state index is 11.6. The van der Waals surface area contributed by atoms with Crippen LogP contribution in [0.25, 0.3) is 0 Å². The van der Waals surface area contributed by atoms with Crippen molar-refractivity contribution in [1.82, 2.24) is 0 Å². The summed E-state index contributed by atoms with van der Waals surface area (Å²) in [6, 6.07) is 1.49. The summed E-state index contributed by atoms with van der Waals surface area (Å²) in [5.41, 5.74) is 1.03.